The first-order valence-electron chi connectivity index (χ1n) is 9.31. The Morgan fingerprint density at radius 1 is 0.926 bits per heavy atom. The summed E-state index contributed by atoms with van der Waals surface area (Å²) < 4.78 is 0. The Morgan fingerprint density at radius 3 is 2.22 bits per heavy atom. The molecule has 0 bridgehead atoms. The van der Waals surface area contributed by atoms with Crippen LogP contribution in [0.25, 0.3) is 0 Å². The van der Waals surface area contributed by atoms with Crippen LogP contribution in [-0.2, 0) is 13.0 Å². The van der Waals surface area contributed by atoms with Crippen LogP contribution in [0, 0.1) is 20.8 Å². The zero-order valence-electron chi connectivity index (χ0n) is 16.7. The van der Waals surface area contributed by atoms with Crippen LogP contribution in [0.5, 0.6) is 0 Å². The highest BCUT2D eigenvalue weighted by Crippen LogP contribution is 2.25. The molecule has 0 atom stereocenters. The van der Waals surface area contributed by atoms with Gasteiger partial charge in [0.05, 0.1) is 0 Å². The highest BCUT2D eigenvalue weighted by atomic mass is 15.3. The van der Waals surface area contributed by atoms with Crippen LogP contribution in [0.4, 0.5) is 17.6 Å². The molecule has 3 aromatic rings. The van der Waals surface area contributed by atoms with Gasteiger partial charge in [-0.1, -0.05) is 55.0 Å². The third kappa shape index (κ3) is 4.61. The average Bonchev–Trinajstić information content (AvgIpc) is 2.65. The molecule has 0 fully saturated rings. The van der Waals surface area contributed by atoms with Crippen LogP contribution in [0.1, 0.15) is 35.0 Å². The van der Waals surface area contributed by atoms with Gasteiger partial charge in [0.25, 0.3) is 0 Å². The molecule has 0 radical (unpaired) electrons. The van der Waals surface area contributed by atoms with Crippen molar-refractivity contribution in [3.8, 4) is 0 Å². The first-order chi connectivity index (χ1) is 13.0. The maximum Gasteiger partial charge on any atom is 0.232 e. The highest BCUT2D eigenvalue weighted by molar-refractivity contribution is 5.64. The van der Waals surface area contributed by atoms with Crippen LogP contribution in [0.3, 0.4) is 0 Å². The number of hydrogen-bond donors (Lipinski definition) is 1. The number of rotatable bonds is 6. The van der Waals surface area contributed by atoms with Crippen LogP contribution in [-0.4, -0.2) is 22.0 Å². The summed E-state index contributed by atoms with van der Waals surface area (Å²) in [5.74, 6) is 2.05. The molecular formula is C22H27N5. The Hall–Kier alpha value is -2.95. The molecule has 0 saturated heterocycles. The summed E-state index contributed by atoms with van der Waals surface area (Å²) >= 11 is 0. The van der Waals surface area contributed by atoms with Gasteiger partial charge in [-0.3, -0.25) is 0 Å². The van der Waals surface area contributed by atoms with Gasteiger partial charge < -0.3 is 10.2 Å². The van der Waals surface area contributed by atoms with Crippen molar-refractivity contribution in [2.45, 2.75) is 40.7 Å². The van der Waals surface area contributed by atoms with E-state index in [4.69, 9.17) is 0 Å². The van der Waals surface area contributed by atoms with E-state index >= 15 is 0 Å². The molecule has 0 aliphatic carbocycles. The number of nitrogens with one attached hydrogen (secondary N) is 1. The van der Waals surface area contributed by atoms with Gasteiger partial charge in [-0.05, 0) is 37.5 Å². The molecule has 2 aromatic carbocycles. The zero-order valence-corrected chi connectivity index (χ0v) is 16.7. The summed E-state index contributed by atoms with van der Waals surface area (Å²) in [4.78, 5) is 15.9. The number of benzene rings is 2. The van der Waals surface area contributed by atoms with Gasteiger partial charge in [-0.25, -0.2) is 0 Å². The molecular weight excluding hydrogens is 334 g/mol. The van der Waals surface area contributed by atoms with Crippen molar-refractivity contribution in [1.82, 2.24) is 15.0 Å². The second-order valence-corrected chi connectivity index (χ2v) is 6.97. The van der Waals surface area contributed by atoms with E-state index in [0.717, 1.165) is 24.5 Å². The normalized spacial score (nSPS) is 10.7. The third-order valence-electron chi connectivity index (χ3n) is 4.50. The molecule has 0 saturated carbocycles. The molecule has 0 spiro atoms. The van der Waals surface area contributed by atoms with Crippen molar-refractivity contribution in [3.05, 3.63) is 70.5 Å². The summed E-state index contributed by atoms with van der Waals surface area (Å²) in [5.41, 5.74) is 5.91. The van der Waals surface area contributed by atoms with E-state index in [-0.39, 0.29) is 0 Å². The molecule has 0 unspecified atom stereocenters. The molecule has 27 heavy (non-hydrogen) atoms. The second kappa shape index (κ2) is 8.16. The molecule has 3 rings (SSSR count). The maximum absolute atomic E-state index is 4.67. The van der Waals surface area contributed by atoms with Gasteiger partial charge in [-0.15, -0.1) is 0 Å². The topological polar surface area (TPSA) is 53.9 Å². The van der Waals surface area contributed by atoms with E-state index in [2.05, 4.69) is 77.1 Å². The number of nitrogens with zero attached hydrogens (tertiary/aromatic N) is 4. The van der Waals surface area contributed by atoms with Crippen molar-refractivity contribution in [2.75, 3.05) is 17.3 Å². The fraction of sp³-hybridized carbons (Fsp3) is 0.318. The van der Waals surface area contributed by atoms with E-state index in [1.54, 1.807) is 0 Å². The minimum Gasteiger partial charge on any atom is -0.339 e. The lowest BCUT2D eigenvalue weighted by Crippen LogP contribution is -2.21. The SMILES string of the molecule is CCc1nc(Nc2c(C)cc(C)cc2C)nc(N(C)Cc2ccccc2)n1. The van der Waals surface area contributed by atoms with Crippen molar-refractivity contribution >= 4 is 17.6 Å². The molecule has 5 nitrogen and oxygen atoms in total. The quantitative estimate of drug-likeness (QED) is 0.687. The Labute approximate surface area is 161 Å². The van der Waals surface area contributed by atoms with Gasteiger partial charge in [0.1, 0.15) is 5.82 Å². The van der Waals surface area contributed by atoms with Gasteiger partial charge in [-0.2, -0.15) is 15.0 Å². The number of hydrogen-bond acceptors (Lipinski definition) is 5. The zero-order chi connectivity index (χ0) is 19.4. The summed E-state index contributed by atoms with van der Waals surface area (Å²) in [6.45, 7) is 9.12. The fourth-order valence-corrected chi connectivity index (χ4v) is 3.21. The van der Waals surface area contributed by atoms with E-state index in [0.29, 0.717) is 11.9 Å². The molecule has 140 valence electrons. The Kier molecular flexibility index (Phi) is 5.69. The monoisotopic (exact) mass is 361 g/mol. The number of aryl methyl sites for hydroxylation is 4. The molecule has 0 amide bonds. The lowest BCUT2D eigenvalue weighted by atomic mass is 10.1. The maximum atomic E-state index is 4.67. The average molecular weight is 361 g/mol. The molecule has 1 aromatic heterocycles. The first-order valence-corrected chi connectivity index (χ1v) is 9.31. The van der Waals surface area contributed by atoms with E-state index < -0.39 is 0 Å². The molecule has 1 N–H and O–H groups in total. The van der Waals surface area contributed by atoms with Crippen molar-refractivity contribution in [3.63, 3.8) is 0 Å². The first kappa shape index (κ1) is 18.8. The molecule has 0 aliphatic rings. The molecule has 1 heterocycles. The minimum atomic E-state index is 0.590. The van der Waals surface area contributed by atoms with Crippen LogP contribution in [0.15, 0.2) is 42.5 Å². The molecule has 5 heteroatoms. The predicted octanol–water partition coefficient (Wildman–Crippen LogP) is 4.74. The van der Waals surface area contributed by atoms with Crippen molar-refractivity contribution in [2.24, 2.45) is 0 Å². The summed E-state index contributed by atoms with van der Waals surface area (Å²) in [6, 6.07) is 14.7. The lowest BCUT2D eigenvalue weighted by molar-refractivity contribution is 0.821. The van der Waals surface area contributed by atoms with Gasteiger partial charge in [0.15, 0.2) is 0 Å². The Bertz CT molecular complexity index is 898. The third-order valence-corrected chi connectivity index (χ3v) is 4.50. The highest BCUT2D eigenvalue weighted by Gasteiger charge is 2.12. The standard InChI is InChI=1S/C22H27N5/c1-6-19-23-21(25-20-16(3)12-15(2)13-17(20)4)26-22(24-19)27(5)14-18-10-8-7-9-11-18/h7-13H,6,14H2,1-5H3,(H,23,24,25,26). The van der Waals surface area contributed by atoms with Crippen molar-refractivity contribution in [1.29, 1.82) is 0 Å². The van der Waals surface area contributed by atoms with Crippen LogP contribution >= 0.6 is 0 Å². The smallest absolute Gasteiger partial charge is 0.232 e. The molecule has 0 aliphatic heterocycles. The summed E-state index contributed by atoms with van der Waals surface area (Å²) in [5, 5.41) is 3.41. The van der Waals surface area contributed by atoms with E-state index in [9.17, 15) is 0 Å². The number of anilines is 3. The number of aromatic nitrogens is 3. The second-order valence-electron chi connectivity index (χ2n) is 6.97. The Morgan fingerprint density at radius 2 is 1.59 bits per heavy atom. The van der Waals surface area contributed by atoms with Gasteiger partial charge in [0.2, 0.25) is 11.9 Å². The summed E-state index contributed by atoms with van der Waals surface area (Å²) in [6.07, 6.45) is 0.759. The largest absolute Gasteiger partial charge is 0.339 e. The van der Waals surface area contributed by atoms with E-state index in [1.165, 1.54) is 22.3 Å². The fourth-order valence-electron chi connectivity index (χ4n) is 3.21. The van der Waals surface area contributed by atoms with Crippen molar-refractivity contribution < 1.29 is 0 Å². The van der Waals surface area contributed by atoms with Gasteiger partial charge in [0, 0.05) is 25.7 Å². The predicted molar refractivity (Wildman–Crippen MR) is 112 cm³/mol. The van der Waals surface area contributed by atoms with E-state index in [1.807, 2.05) is 25.2 Å². The lowest BCUT2D eigenvalue weighted by Gasteiger charge is -2.19. The minimum absolute atomic E-state index is 0.590. The van der Waals surface area contributed by atoms with Crippen LogP contribution in [0.2, 0.25) is 0 Å². The Balaban J connectivity index is 1.90. The summed E-state index contributed by atoms with van der Waals surface area (Å²) in [7, 11) is 2.01. The van der Waals surface area contributed by atoms with Crippen LogP contribution < -0.4 is 10.2 Å². The van der Waals surface area contributed by atoms with Gasteiger partial charge >= 0.3 is 0 Å².